The Kier molecular flexibility index (Phi) is 5.19. The van der Waals surface area contributed by atoms with E-state index in [0.717, 1.165) is 16.7 Å². The molecule has 0 spiro atoms. The molecule has 0 aliphatic carbocycles. The second kappa shape index (κ2) is 8.16. The van der Waals surface area contributed by atoms with Gasteiger partial charge in [0.05, 0.1) is 24.3 Å². The van der Waals surface area contributed by atoms with Crippen molar-refractivity contribution in [3.63, 3.8) is 0 Å². The van der Waals surface area contributed by atoms with E-state index < -0.39 is 11.7 Å². The minimum Gasteiger partial charge on any atom is -0.394 e. The van der Waals surface area contributed by atoms with Crippen molar-refractivity contribution in [3.05, 3.63) is 90.0 Å². The summed E-state index contributed by atoms with van der Waals surface area (Å²) in [6.07, 6.45) is 3.52. The van der Waals surface area contributed by atoms with E-state index in [9.17, 15) is 19.1 Å². The molecule has 2 amide bonds. The molecule has 0 unspecified atom stereocenters. The standard InChI is InChI=1S/C25H22FN3O3/c26-20-6-2-1-5-19(20)25(32)28-13-21-24(22(15-30)29(21)23(31)14-28)17-9-7-16(8-10-17)18-4-3-11-27-12-18/h1-12,21-22,24,30H,13-15H2/t21-,22+,24-/m0/s1. The van der Waals surface area contributed by atoms with Crippen molar-refractivity contribution in [2.45, 2.75) is 18.0 Å². The minimum atomic E-state index is -0.600. The van der Waals surface area contributed by atoms with E-state index in [1.54, 1.807) is 23.4 Å². The summed E-state index contributed by atoms with van der Waals surface area (Å²) in [4.78, 5) is 32.9. The van der Waals surface area contributed by atoms with Gasteiger partial charge in [-0.25, -0.2) is 4.39 Å². The molecule has 2 fully saturated rings. The number of pyridine rings is 1. The summed E-state index contributed by atoms with van der Waals surface area (Å²) in [5.41, 5.74) is 2.98. The van der Waals surface area contributed by atoms with Crippen LogP contribution in [0.2, 0.25) is 0 Å². The van der Waals surface area contributed by atoms with Crippen molar-refractivity contribution in [2.24, 2.45) is 0 Å². The van der Waals surface area contributed by atoms with E-state index in [2.05, 4.69) is 4.98 Å². The SMILES string of the molecule is O=C(c1ccccc1F)N1CC(=O)N2[C@H](CO)[C@@H](c3ccc(-c4cccnc4)cc3)[C@@H]2C1. The van der Waals surface area contributed by atoms with Crippen LogP contribution >= 0.6 is 0 Å². The van der Waals surface area contributed by atoms with Crippen molar-refractivity contribution >= 4 is 11.8 Å². The Morgan fingerprint density at radius 1 is 1.06 bits per heavy atom. The number of halogens is 1. The van der Waals surface area contributed by atoms with Crippen LogP contribution in [0.1, 0.15) is 21.8 Å². The van der Waals surface area contributed by atoms with Crippen LogP contribution < -0.4 is 0 Å². The molecule has 0 bridgehead atoms. The number of rotatable bonds is 4. The molecule has 2 saturated heterocycles. The minimum absolute atomic E-state index is 0.0378. The molecule has 6 nitrogen and oxygen atoms in total. The van der Waals surface area contributed by atoms with Crippen LogP contribution in [0, 0.1) is 5.82 Å². The molecule has 7 heteroatoms. The molecular formula is C25H22FN3O3. The molecule has 3 atom stereocenters. The first-order valence-electron chi connectivity index (χ1n) is 10.5. The van der Waals surface area contributed by atoms with Gasteiger partial charge in [-0.1, -0.05) is 42.5 Å². The zero-order valence-corrected chi connectivity index (χ0v) is 17.3. The number of nitrogens with zero attached hydrogens (tertiary/aromatic N) is 3. The van der Waals surface area contributed by atoms with Crippen LogP contribution in [0.3, 0.4) is 0 Å². The van der Waals surface area contributed by atoms with Gasteiger partial charge >= 0.3 is 0 Å². The van der Waals surface area contributed by atoms with Crippen molar-refractivity contribution in [1.82, 2.24) is 14.8 Å². The Balaban J connectivity index is 1.40. The molecule has 5 rings (SSSR count). The highest BCUT2D eigenvalue weighted by molar-refractivity contribution is 5.97. The molecule has 2 aliphatic rings. The Morgan fingerprint density at radius 3 is 2.53 bits per heavy atom. The molecular weight excluding hydrogens is 409 g/mol. The number of hydrogen-bond donors (Lipinski definition) is 1. The largest absolute Gasteiger partial charge is 0.394 e. The smallest absolute Gasteiger partial charge is 0.257 e. The van der Waals surface area contributed by atoms with Gasteiger partial charge in [0.2, 0.25) is 5.91 Å². The molecule has 1 N–H and O–H groups in total. The van der Waals surface area contributed by atoms with Gasteiger partial charge in [-0.3, -0.25) is 14.6 Å². The number of amides is 2. The average molecular weight is 431 g/mol. The maximum atomic E-state index is 14.1. The third kappa shape index (κ3) is 3.35. The summed E-state index contributed by atoms with van der Waals surface area (Å²) in [7, 11) is 0. The molecule has 1 aromatic heterocycles. The van der Waals surface area contributed by atoms with Gasteiger partial charge in [0.25, 0.3) is 5.91 Å². The second-order valence-electron chi connectivity index (χ2n) is 8.17. The Labute approximate surface area is 184 Å². The normalized spacial score (nSPS) is 22.3. The number of aliphatic hydroxyl groups excluding tert-OH is 1. The number of carbonyl (C=O) groups is 2. The zero-order valence-electron chi connectivity index (χ0n) is 17.3. The summed E-state index contributed by atoms with van der Waals surface area (Å²) in [5.74, 6) is -1.43. The number of benzene rings is 2. The summed E-state index contributed by atoms with van der Waals surface area (Å²) in [6.45, 7) is 0.0236. The van der Waals surface area contributed by atoms with E-state index in [0.29, 0.717) is 6.54 Å². The van der Waals surface area contributed by atoms with E-state index in [1.165, 1.54) is 23.1 Å². The van der Waals surface area contributed by atoms with E-state index in [1.807, 2.05) is 36.4 Å². The van der Waals surface area contributed by atoms with E-state index in [4.69, 9.17) is 0 Å². The lowest BCUT2D eigenvalue weighted by atomic mass is 9.73. The second-order valence-corrected chi connectivity index (χ2v) is 8.17. The van der Waals surface area contributed by atoms with Gasteiger partial charge in [0.15, 0.2) is 0 Å². The average Bonchev–Trinajstić information content (AvgIpc) is 2.81. The first kappa shape index (κ1) is 20.3. The van der Waals surface area contributed by atoms with Crippen LogP contribution in [0.5, 0.6) is 0 Å². The summed E-state index contributed by atoms with van der Waals surface area (Å²) in [5, 5.41) is 9.96. The Bertz CT molecular complexity index is 1150. The molecule has 2 aromatic carbocycles. The molecule has 3 aromatic rings. The Hall–Kier alpha value is -3.58. The van der Waals surface area contributed by atoms with Gasteiger partial charge in [-0.2, -0.15) is 0 Å². The van der Waals surface area contributed by atoms with Crippen LogP contribution in [-0.4, -0.2) is 63.5 Å². The third-order valence-electron chi connectivity index (χ3n) is 6.43. The number of aromatic nitrogens is 1. The van der Waals surface area contributed by atoms with Crippen LogP contribution in [0.25, 0.3) is 11.1 Å². The topological polar surface area (TPSA) is 73.7 Å². The van der Waals surface area contributed by atoms with Crippen LogP contribution in [-0.2, 0) is 4.79 Å². The van der Waals surface area contributed by atoms with Gasteiger partial charge in [-0.15, -0.1) is 0 Å². The predicted octanol–water partition coefficient (Wildman–Crippen LogP) is 2.70. The highest BCUT2D eigenvalue weighted by atomic mass is 19.1. The highest BCUT2D eigenvalue weighted by Crippen LogP contribution is 2.43. The molecule has 162 valence electrons. The lowest BCUT2D eigenvalue weighted by Crippen LogP contribution is -2.73. The predicted molar refractivity (Wildman–Crippen MR) is 116 cm³/mol. The lowest BCUT2D eigenvalue weighted by molar-refractivity contribution is -0.159. The van der Waals surface area contributed by atoms with Gasteiger partial charge in [0.1, 0.15) is 12.4 Å². The Morgan fingerprint density at radius 2 is 1.84 bits per heavy atom. The fourth-order valence-corrected chi connectivity index (χ4v) is 4.89. The number of piperazine rings is 1. The van der Waals surface area contributed by atoms with E-state index >= 15 is 0 Å². The molecule has 3 heterocycles. The number of aliphatic hydroxyl groups is 1. The maximum Gasteiger partial charge on any atom is 0.257 e. The van der Waals surface area contributed by atoms with Crippen molar-refractivity contribution in [1.29, 1.82) is 0 Å². The van der Waals surface area contributed by atoms with E-state index in [-0.39, 0.29) is 42.6 Å². The third-order valence-corrected chi connectivity index (χ3v) is 6.43. The summed E-state index contributed by atoms with van der Waals surface area (Å²) in [6, 6.07) is 17.1. The first-order valence-corrected chi connectivity index (χ1v) is 10.5. The van der Waals surface area contributed by atoms with Crippen molar-refractivity contribution in [3.8, 4) is 11.1 Å². The monoisotopic (exact) mass is 431 g/mol. The molecule has 32 heavy (non-hydrogen) atoms. The fourth-order valence-electron chi connectivity index (χ4n) is 4.89. The number of hydrogen-bond acceptors (Lipinski definition) is 4. The van der Waals surface area contributed by atoms with Crippen molar-refractivity contribution in [2.75, 3.05) is 19.7 Å². The highest BCUT2D eigenvalue weighted by Gasteiger charge is 2.54. The van der Waals surface area contributed by atoms with Gasteiger partial charge in [-0.05, 0) is 34.9 Å². The first-order chi connectivity index (χ1) is 15.6. The summed E-state index contributed by atoms with van der Waals surface area (Å²) < 4.78 is 14.1. The zero-order chi connectivity index (χ0) is 22.2. The number of carbonyl (C=O) groups excluding carboxylic acids is 2. The van der Waals surface area contributed by atoms with Crippen molar-refractivity contribution < 1.29 is 19.1 Å². The fraction of sp³-hybridized carbons (Fsp3) is 0.240. The number of fused-ring (bicyclic) bond motifs is 1. The molecule has 0 saturated carbocycles. The van der Waals surface area contributed by atoms with Crippen LogP contribution in [0.4, 0.5) is 4.39 Å². The van der Waals surface area contributed by atoms with Gasteiger partial charge in [0, 0.05) is 24.9 Å². The quantitative estimate of drug-likeness (QED) is 0.690. The lowest BCUT2D eigenvalue weighted by Gasteiger charge is -2.58. The molecule has 2 aliphatic heterocycles. The van der Waals surface area contributed by atoms with Crippen LogP contribution in [0.15, 0.2) is 73.1 Å². The molecule has 0 radical (unpaired) electrons. The van der Waals surface area contributed by atoms with Gasteiger partial charge < -0.3 is 14.9 Å². The maximum absolute atomic E-state index is 14.1. The summed E-state index contributed by atoms with van der Waals surface area (Å²) >= 11 is 0.